The minimum atomic E-state index is -0.203. The lowest BCUT2D eigenvalue weighted by atomic mass is 10.1. The second kappa shape index (κ2) is 8.90. The molecule has 0 aliphatic carbocycles. The van der Waals surface area contributed by atoms with Crippen molar-refractivity contribution < 1.29 is 4.39 Å². The maximum absolute atomic E-state index is 13.2. The van der Waals surface area contributed by atoms with Crippen LogP contribution in [-0.4, -0.2) is 42.7 Å². The van der Waals surface area contributed by atoms with Crippen LogP contribution in [0.3, 0.4) is 0 Å². The Bertz CT molecular complexity index is 922. The van der Waals surface area contributed by atoms with Crippen LogP contribution in [0.1, 0.15) is 13.3 Å². The Balaban J connectivity index is 1.53. The van der Waals surface area contributed by atoms with Gasteiger partial charge < -0.3 is 15.1 Å². The number of nitrogens with one attached hydrogen (secondary N) is 1. The molecule has 6 heteroatoms. The first-order valence-corrected chi connectivity index (χ1v) is 10.2. The van der Waals surface area contributed by atoms with E-state index in [0.29, 0.717) is 0 Å². The predicted octanol–water partition coefficient (Wildman–Crippen LogP) is 4.43. The third kappa shape index (κ3) is 4.65. The van der Waals surface area contributed by atoms with Crippen LogP contribution in [0.2, 0.25) is 0 Å². The van der Waals surface area contributed by atoms with Gasteiger partial charge in [0.15, 0.2) is 0 Å². The zero-order chi connectivity index (χ0) is 20.1. The Kier molecular flexibility index (Phi) is 5.89. The summed E-state index contributed by atoms with van der Waals surface area (Å²) in [7, 11) is 0. The normalized spacial score (nSPS) is 14.1. The number of benzene rings is 2. The predicted molar refractivity (Wildman–Crippen MR) is 117 cm³/mol. The Morgan fingerprint density at radius 2 is 1.59 bits per heavy atom. The molecule has 0 atom stereocenters. The number of hydrogen-bond donors (Lipinski definition) is 1. The van der Waals surface area contributed by atoms with E-state index < -0.39 is 0 Å². The minimum Gasteiger partial charge on any atom is -0.370 e. The first-order chi connectivity index (χ1) is 14.2. The molecule has 1 fully saturated rings. The van der Waals surface area contributed by atoms with Crippen LogP contribution in [-0.2, 0) is 0 Å². The van der Waals surface area contributed by atoms with Crippen molar-refractivity contribution in [3.8, 4) is 11.3 Å². The molecule has 1 aliphatic rings. The summed E-state index contributed by atoms with van der Waals surface area (Å²) in [6, 6.07) is 18.9. The summed E-state index contributed by atoms with van der Waals surface area (Å²) in [5, 5.41) is 3.40. The highest BCUT2D eigenvalue weighted by Crippen LogP contribution is 2.24. The number of halogens is 1. The molecule has 150 valence electrons. The van der Waals surface area contributed by atoms with Gasteiger partial charge in [0, 0.05) is 50.0 Å². The summed E-state index contributed by atoms with van der Waals surface area (Å²) in [6.45, 7) is 6.36. The lowest BCUT2D eigenvalue weighted by Gasteiger charge is -2.36. The van der Waals surface area contributed by atoms with Gasteiger partial charge in [-0.2, -0.15) is 4.98 Å². The Morgan fingerprint density at radius 1 is 0.897 bits per heavy atom. The highest BCUT2D eigenvalue weighted by molar-refractivity contribution is 5.64. The van der Waals surface area contributed by atoms with Gasteiger partial charge in [-0.05, 0) is 30.7 Å². The first kappa shape index (κ1) is 19.2. The van der Waals surface area contributed by atoms with Gasteiger partial charge in [-0.3, -0.25) is 0 Å². The maximum Gasteiger partial charge on any atom is 0.227 e. The summed E-state index contributed by atoms with van der Waals surface area (Å²) in [5.41, 5.74) is 3.06. The summed E-state index contributed by atoms with van der Waals surface area (Å²) in [4.78, 5) is 14.1. The van der Waals surface area contributed by atoms with E-state index in [0.717, 1.165) is 67.9 Å². The molecule has 3 aromatic rings. The Morgan fingerprint density at radius 3 is 2.28 bits per heavy atom. The second-order valence-electron chi connectivity index (χ2n) is 7.18. The summed E-state index contributed by atoms with van der Waals surface area (Å²) >= 11 is 0. The number of nitrogens with zero attached hydrogens (tertiary/aromatic N) is 4. The smallest absolute Gasteiger partial charge is 0.227 e. The van der Waals surface area contributed by atoms with E-state index in [4.69, 9.17) is 9.97 Å². The standard InChI is InChI=1S/C23H26FN5/c1-2-12-25-22-17-21(18-6-4-3-5-7-18)26-23(27-22)29-15-13-28(14-16-29)20-10-8-19(24)9-11-20/h3-11,17H,2,12-16H2,1H3,(H,25,26,27). The zero-order valence-electron chi connectivity index (χ0n) is 16.7. The Hall–Kier alpha value is -3.15. The third-order valence-electron chi connectivity index (χ3n) is 5.09. The quantitative estimate of drug-likeness (QED) is 0.673. The fraction of sp³-hybridized carbons (Fsp3) is 0.304. The SMILES string of the molecule is CCCNc1cc(-c2ccccc2)nc(N2CCN(c3ccc(F)cc3)CC2)n1. The lowest BCUT2D eigenvalue weighted by Crippen LogP contribution is -2.47. The molecule has 0 spiro atoms. The summed E-state index contributed by atoms with van der Waals surface area (Å²) in [6.07, 6.45) is 1.04. The van der Waals surface area contributed by atoms with E-state index in [1.807, 2.05) is 36.4 Å². The molecular formula is C23H26FN5. The minimum absolute atomic E-state index is 0.203. The highest BCUT2D eigenvalue weighted by Gasteiger charge is 2.20. The number of piperazine rings is 1. The van der Waals surface area contributed by atoms with Crippen LogP contribution in [0, 0.1) is 5.82 Å². The second-order valence-corrected chi connectivity index (χ2v) is 7.18. The van der Waals surface area contributed by atoms with Crippen LogP contribution < -0.4 is 15.1 Å². The van der Waals surface area contributed by atoms with Gasteiger partial charge in [0.2, 0.25) is 5.95 Å². The molecule has 0 bridgehead atoms. The average Bonchev–Trinajstić information content (AvgIpc) is 2.79. The molecule has 1 saturated heterocycles. The average molecular weight is 391 g/mol. The molecule has 1 N–H and O–H groups in total. The van der Waals surface area contributed by atoms with Crippen molar-refractivity contribution in [1.82, 2.24) is 9.97 Å². The fourth-order valence-electron chi connectivity index (χ4n) is 3.49. The van der Waals surface area contributed by atoms with Gasteiger partial charge in [-0.25, -0.2) is 9.37 Å². The van der Waals surface area contributed by atoms with E-state index in [9.17, 15) is 4.39 Å². The molecule has 5 nitrogen and oxygen atoms in total. The van der Waals surface area contributed by atoms with Gasteiger partial charge in [-0.15, -0.1) is 0 Å². The summed E-state index contributed by atoms with van der Waals surface area (Å²) < 4.78 is 13.2. The van der Waals surface area contributed by atoms with Crippen LogP contribution in [0.15, 0.2) is 60.7 Å². The van der Waals surface area contributed by atoms with Crippen molar-refractivity contribution >= 4 is 17.5 Å². The molecule has 1 aliphatic heterocycles. The zero-order valence-corrected chi connectivity index (χ0v) is 16.7. The molecule has 1 aromatic heterocycles. The monoisotopic (exact) mass is 391 g/mol. The van der Waals surface area contributed by atoms with Gasteiger partial charge in [0.25, 0.3) is 0 Å². The molecule has 0 unspecified atom stereocenters. The largest absolute Gasteiger partial charge is 0.370 e. The molecule has 0 saturated carbocycles. The fourth-order valence-corrected chi connectivity index (χ4v) is 3.49. The van der Waals surface area contributed by atoms with Gasteiger partial charge in [0.1, 0.15) is 11.6 Å². The van der Waals surface area contributed by atoms with Crippen LogP contribution in [0.25, 0.3) is 11.3 Å². The Labute approximate surface area is 171 Å². The summed E-state index contributed by atoms with van der Waals surface area (Å²) in [5.74, 6) is 1.41. The number of rotatable bonds is 6. The van der Waals surface area contributed by atoms with Crippen molar-refractivity contribution in [2.24, 2.45) is 0 Å². The third-order valence-corrected chi connectivity index (χ3v) is 5.09. The molecular weight excluding hydrogens is 365 g/mol. The van der Waals surface area contributed by atoms with Crippen molar-refractivity contribution in [2.45, 2.75) is 13.3 Å². The molecule has 29 heavy (non-hydrogen) atoms. The molecule has 2 aromatic carbocycles. The highest BCUT2D eigenvalue weighted by atomic mass is 19.1. The topological polar surface area (TPSA) is 44.3 Å². The first-order valence-electron chi connectivity index (χ1n) is 10.2. The van der Waals surface area contributed by atoms with Gasteiger partial charge in [-0.1, -0.05) is 37.3 Å². The van der Waals surface area contributed by atoms with Gasteiger partial charge >= 0.3 is 0 Å². The molecule has 2 heterocycles. The van der Waals surface area contributed by atoms with Crippen molar-refractivity contribution in [2.75, 3.05) is 47.8 Å². The molecule has 0 radical (unpaired) electrons. The van der Waals surface area contributed by atoms with E-state index in [-0.39, 0.29) is 5.82 Å². The van der Waals surface area contributed by atoms with Crippen molar-refractivity contribution in [3.05, 3.63) is 66.5 Å². The lowest BCUT2D eigenvalue weighted by molar-refractivity contribution is 0.623. The van der Waals surface area contributed by atoms with E-state index in [1.165, 1.54) is 12.1 Å². The molecule has 0 amide bonds. The van der Waals surface area contributed by atoms with Crippen molar-refractivity contribution in [1.29, 1.82) is 0 Å². The maximum atomic E-state index is 13.2. The van der Waals surface area contributed by atoms with E-state index in [2.05, 4.69) is 34.2 Å². The number of hydrogen-bond acceptors (Lipinski definition) is 5. The number of anilines is 3. The van der Waals surface area contributed by atoms with Crippen LogP contribution in [0.4, 0.5) is 21.8 Å². The van der Waals surface area contributed by atoms with Gasteiger partial charge in [0.05, 0.1) is 5.69 Å². The molecule has 4 rings (SSSR count). The van der Waals surface area contributed by atoms with Crippen molar-refractivity contribution in [3.63, 3.8) is 0 Å². The number of aromatic nitrogens is 2. The van der Waals surface area contributed by atoms with E-state index >= 15 is 0 Å². The van der Waals surface area contributed by atoms with Crippen LogP contribution in [0.5, 0.6) is 0 Å². The van der Waals surface area contributed by atoms with E-state index in [1.54, 1.807) is 0 Å². The van der Waals surface area contributed by atoms with Crippen LogP contribution >= 0.6 is 0 Å².